The van der Waals surface area contributed by atoms with Gasteiger partial charge in [0.15, 0.2) is 6.61 Å². The van der Waals surface area contributed by atoms with Crippen LogP contribution < -0.4 is 10.6 Å². The highest BCUT2D eigenvalue weighted by molar-refractivity contribution is 7.98. The lowest BCUT2D eigenvalue weighted by Gasteiger charge is -2.17. The Morgan fingerprint density at radius 2 is 2.04 bits per heavy atom. The summed E-state index contributed by atoms with van der Waals surface area (Å²) < 4.78 is 4.94. The second-order valence-electron chi connectivity index (χ2n) is 4.96. The van der Waals surface area contributed by atoms with Gasteiger partial charge in [-0.2, -0.15) is 11.8 Å². The molecule has 0 aromatic heterocycles. The zero-order chi connectivity index (χ0) is 17.2. The van der Waals surface area contributed by atoms with E-state index < -0.39 is 17.9 Å². The van der Waals surface area contributed by atoms with Crippen LogP contribution in [0.15, 0.2) is 24.3 Å². The number of carbonyl (C=O) groups excluding carboxylic acids is 3. The molecular weight excluding hydrogens is 316 g/mol. The van der Waals surface area contributed by atoms with Gasteiger partial charge in [-0.15, -0.1) is 0 Å². The third-order valence-corrected chi connectivity index (χ3v) is 3.75. The first-order valence-electron chi connectivity index (χ1n) is 7.21. The minimum atomic E-state index is -0.778. The van der Waals surface area contributed by atoms with E-state index in [4.69, 9.17) is 4.74 Å². The molecule has 0 bridgehead atoms. The SMILES string of the molecule is CNC(=O)COC(=O)[C@H](CCSC)NC(=O)c1cccc(C)c1. The van der Waals surface area contributed by atoms with Crippen LogP contribution in [0.3, 0.4) is 0 Å². The van der Waals surface area contributed by atoms with Gasteiger partial charge in [0.25, 0.3) is 11.8 Å². The summed E-state index contributed by atoms with van der Waals surface area (Å²) in [7, 11) is 1.46. The highest BCUT2D eigenvalue weighted by Crippen LogP contribution is 2.07. The van der Waals surface area contributed by atoms with E-state index in [1.807, 2.05) is 19.2 Å². The molecular formula is C16H22N2O4S. The molecule has 2 N–H and O–H groups in total. The first kappa shape index (κ1) is 19.0. The molecule has 1 aromatic rings. The third-order valence-electron chi connectivity index (χ3n) is 3.11. The van der Waals surface area contributed by atoms with Crippen molar-refractivity contribution in [2.24, 2.45) is 0 Å². The fourth-order valence-electron chi connectivity index (χ4n) is 1.82. The van der Waals surface area contributed by atoms with E-state index in [9.17, 15) is 14.4 Å². The Labute approximate surface area is 140 Å². The molecule has 23 heavy (non-hydrogen) atoms. The summed E-state index contributed by atoms with van der Waals surface area (Å²) in [5.74, 6) is -0.652. The maximum absolute atomic E-state index is 12.3. The van der Waals surface area contributed by atoms with Crippen LogP contribution in [0.2, 0.25) is 0 Å². The van der Waals surface area contributed by atoms with Crippen molar-refractivity contribution >= 4 is 29.5 Å². The van der Waals surface area contributed by atoms with E-state index in [1.165, 1.54) is 7.05 Å². The van der Waals surface area contributed by atoms with Crippen molar-refractivity contribution in [2.45, 2.75) is 19.4 Å². The third kappa shape index (κ3) is 6.73. The van der Waals surface area contributed by atoms with Gasteiger partial charge in [-0.25, -0.2) is 4.79 Å². The Bertz CT molecular complexity index is 563. The molecule has 0 aliphatic heterocycles. The van der Waals surface area contributed by atoms with Crippen LogP contribution in [0.1, 0.15) is 22.3 Å². The Kier molecular flexibility index (Phi) is 8.18. The average Bonchev–Trinajstić information content (AvgIpc) is 2.55. The van der Waals surface area contributed by atoms with E-state index >= 15 is 0 Å². The fourth-order valence-corrected chi connectivity index (χ4v) is 2.29. The van der Waals surface area contributed by atoms with Crippen molar-refractivity contribution in [1.29, 1.82) is 0 Å². The van der Waals surface area contributed by atoms with Crippen LogP contribution >= 0.6 is 11.8 Å². The van der Waals surface area contributed by atoms with E-state index in [0.717, 1.165) is 5.56 Å². The van der Waals surface area contributed by atoms with Crippen LogP contribution in [0, 0.1) is 6.92 Å². The number of nitrogens with one attached hydrogen (secondary N) is 2. The number of ether oxygens (including phenoxy) is 1. The monoisotopic (exact) mass is 338 g/mol. The van der Waals surface area contributed by atoms with Crippen molar-refractivity contribution in [2.75, 3.05) is 25.7 Å². The molecule has 126 valence electrons. The number of benzene rings is 1. The average molecular weight is 338 g/mol. The molecule has 1 atom stereocenters. The molecule has 6 nitrogen and oxygen atoms in total. The van der Waals surface area contributed by atoms with Crippen molar-refractivity contribution in [3.63, 3.8) is 0 Å². The number of likely N-dealkylation sites (N-methyl/N-ethyl adjacent to an activating group) is 1. The second kappa shape index (κ2) is 9.89. The molecule has 0 saturated heterocycles. The van der Waals surface area contributed by atoms with Gasteiger partial charge in [0.05, 0.1) is 0 Å². The highest BCUT2D eigenvalue weighted by atomic mass is 32.2. The lowest BCUT2D eigenvalue weighted by Crippen LogP contribution is -2.43. The molecule has 0 aliphatic rings. The van der Waals surface area contributed by atoms with Crippen molar-refractivity contribution in [3.05, 3.63) is 35.4 Å². The zero-order valence-electron chi connectivity index (χ0n) is 13.5. The molecule has 0 spiro atoms. The first-order valence-corrected chi connectivity index (χ1v) is 8.61. The molecule has 0 aliphatic carbocycles. The number of hydrogen-bond acceptors (Lipinski definition) is 5. The van der Waals surface area contributed by atoms with Crippen molar-refractivity contribution in [3.8, 4) is 0 Å². The lowest BCUT2D eigenvalue weighted by molar-refractivity contribution is -0.150. The van der Waals surface area contributed by atoms with Gasteiger partial charge < -0.3 is 15.4 Å². The molecule has 0 unspecified atom stereocenters. The molecule has 0 heterocycles. The summed E-state index contributed by atoms with van der Waals surface area (Å²) >= 11 is 1.56. The number of thioether (sulfide) groups is 1. The van der Waals surface area contributed by atoms with Crippen LogP contribution in [-0.4, -0.2) is 49.5 Å². The highest BCUT2D eigenvalue weighted by Gasteiger charge is 2.23. The second-order valence-corrected chi connectivity index (χ2v) is 5.94. The summed E-state index contributed by atoms with van der Waals surface area (Å²) in [6.45, 7) is 1.53. The van der Waals surface area contributed by atoms with Crippen LogP contribution in [0.4, 0.5) is 0 Å². The number of esters is 1. The molecule has 7 heteroatoms. The number of carbonyl (C=O) groups is 3. The van der Waals surface area contributed by atoms with Gasteiger partial charge in [-0.1, -0.05) is 17.7 Å². The van der Waals surface area contributed by atoms with Crippen LogP contribution in [0.5, 0.6) is 0 Å². The summed E-state index contributed by atoms with van der Waals surface area (Å²) in [5, 5.41) is 5.05. The van der Waals surface area contributed by atoms with Gasteiger partial charge >= 0.3 is 5.97 Å². The normalized spacial score (nSPS) is 11.4. The lowest BCUT2D eigenvalue weighted by atomic mass is 10.1. The van der Waals surface area contributed by atoms with Gasteiger partial charge in [0.2, 0.25) is 0 Å². The van der Waals surface area contributed by atoms with Gasteiger partial charge in [0, 0.05) is 12.6 Å². The van der Waals surface area contributed by atoms with Crippen molar-refractivity contribution in [1.82, 2.24) is 10.6 Å². The standard InChI is InChI=1S/C16H22N2O4S/c1-11-5-4-6-12(9-11)15(20)18-13(7-8-23-3)16(21)22-10-14(19)17-2/h4-6,9,13H,7-8,10H2,1-3H3,(H,17,19)(H,18,20)/t13-/m0/s1. The predicted molar refractivity (Wildman–Crippen MR) is 90.5 cm³/mol. The topological polar surface area (TPSA) is 84.5 Å². The van der Waals surface area contributed by atoms with Crippen LogP contribution in [0.25, 0.3) is 0 Å². The summed E-state index contributed by atoms with van der Waals surface area (Å²) in [6.07, 6.45) is 2.35. The number of aryl methyl sites for hydroxylation is 1. The summed E-state index contributed by atoms with van der Waals surface area (Å²) in [5.41, 5.74) is 1.44. The predicted octanol–water partition coefficient (Wildman–Crippen LogP) is 1.14. The Hall–Kier alpha value is -2.02. The van der Waals surface area contributed by atoms with Gasteiger partial charge in [-0.3, -0.25) is 9.59 Å². The Balaban J connectivity index is 2.71. The van der Waals surface area contributed by atoms with E-state index in [2.05, 4.69) is 10.6 Å². The number of rotatable bonds is 8. The maximum Gasteiger partial charge on any atom is 0.329 e. The Morgan fingerprint density at radius 1 is 1.30 bits per heavy atom. The zero-order valence-corrected chi connectivity index (χ0v) is 14.4. The Morgan fingerprint density at radius 3 is 2.65 bits per heavy atom. The molecule has 0 saturated carbocycles. The van der Waals surface area contributed by atoms with E-state index in [0.29, 0.717) is 17.7 Å². The summed E-state index contributed by atoms with van der Waals surface area (Å²) in [4.78, 5) is 35.5. The van der Waals surface area contributed by atoms with Crippen LogP contribution in [-0.2, 0) is 14.3 Å². The minimum absolute atomic E-state index is 0.336. The maximum atomic E-state index is 12.3. The minimum Gasteiger partial charge on any atom is -0.454 e. The van der Waals surface area contributed by atoms with Gasteiger partial charge in [0.1, 0.15) is 6.04 Å². The fraction of sp³-hybridized carbons (Fsp3) is 0.438. The molecule has 2 amide bonds. The molecule has 0 fully saturated rings. The first-order chi connectivity index (χ1) is 11.0. The van der Waals surface area contributed by atoms with E-state index in [1.54, 1.807) is 30.0 Å². The van der Waals surface area contributed by atoms with Gasteiger partial charge in [-0.05, 0) is 37.5 Å². The molecule has 1 aromatic carbocycles. The number of amides is 2. The summed E-state index contributed by atoms with van der Waals surface area (Å²) in [6, 6.07) is 6.32. The smallest absolute Gasteiger partial charge is 0.329 e. The van der Waals surface area contributed by atoms with Crippen molar-refractivity contribution < 1.29 is 19.1 Å². The van der Waals surface area contributed by atoms with E-state index in [-0.39, 0.29) is 12.5 Å². The largest absolute Gasteiger partial charge is 0.454 e. The molecule has 1 rings (SSSR count). The quantitative estimate of drug-likeness (QED) is 0.694. The molecule has 0 radical (unpaired) electrons. The number of hydrogen-bond donors (Lipinski definition) is 2.